The summed E-state index contributed by atoms with van der Waals surface area (Å²) >= 11 is 3.08. The van der Waals surface area contributed by atoms with Crippen LogP contribution in [0.3, 0.4) is 0 Å². The number of anilines is 1. The van der Waals surface area contributed by atoms with E-state index in [2.05, 4.69) is 15.9 Å². The van der Waals surface area contributed by atoms with E-state index in [1.807, 2.05) is 6.07 Å². The second kappa shape index (κ2) is 4.25. The second-order valence-corrected chi connectivity index (χ2v) is 3.45. The topological polar surface area (TPSA) is 66.9 Å². The summed E-state index contributed by atoms with van der Waals surface area (Å²) in [5.74, 6) is -0.0999. The van der Waals surface area contributed by atoms with Crippen molar-refractivity contribution in [1.29, 1.82) is 5.26 Å². The smallest absolute Gasteiger partial charge is 0.175 e. The highest BCUT2D eigenvalue weighted by atomic mass is 79.9. The van der Waals surface area contributed by atoms with Crippen molar-refractivity contribution < 1.29 is 4.79 Å². The molecule has 0 unspecified atom stereocenters. The van der Waals surface area contributed by atoms with Crippen LogP contribution in [0, 0.1) is 18.3 Å². The molecule has 0 saturated carbocycles. The first-order chi connectivity index (χ1) is 6.61. The molecule has 72 valence electrons. The van der Waals surface area contributed by atoms with Gasteiger partial charge < -0.3 is 5.73 Å². The Morgan fingerprint density at radius 2 is 2.29 bits per heavy atom. The average molecular weight is 253 g/mol. The van der Waals surface area contributed by atoms with Gasteiger partial charge in [-0.3, -0.25) is 4.79 Å². The lowest BCUT2D eigenvalue weighted by Crippen LogP contribution is -2.08. The second-order valence-electron chi connectivity index (χ2n) is 2.89. The molecule has 1 aromatic carbocycles. The van der Waals surface area contributed by atoms with E-state index in [1.54, 1.807) is 19.1 Å². The van der Waals surface area contributed by atoms with Crippen LogP contribution in [0.25, 0.3) is 0 Å². The Hall–Kier alpha value is -1.34. The van der Waals surface area contributed by atoms with Gasteiger partial charge in [0.1, 0.15) is 6.07 Å². The van der Waals surface area contributed by atoms with Gasteiger partial charge in [-0.05, 0) is 18.6 Å². The molecule has 0 radical (unpaired) electrons. The normalized spacial score (nSPS) is 9.50. The average Bonchev–Trinajstić information content (AvgIpc) is 2.18. The van der Waals surface area contributed by atoms with E-state index in [4.69, 9.17) is 11.0 Å². The fourth-order valence-corrected chi connectivity index (χ4v) is 1.54. The number of halogens is 1. The molecule has 0 aliphatic heterocycles. The van der Waals surface area contributed by atoms with Crippen molar-refractivity contribution in [3.05, 3.63) is 28.8 Å². The monoisotopic (exact) mass is 252 g/mol. The highest BCUT2D eigenvalue weighted by molar-refractivity contribution is 9.09. The van der Waals surface area contributed by atoms with Crippen LogP contribution in [0.1, 0.15) is 21.5 Å². The van der Waals surface area contributed by atoms with E-state index in [9.17, 15) is 4.79 Å². The Morgan fingerprint density at radius 1 is 1.64 bits per heavy atom. The Labute approximate surface area is 90.7 Å². The van der Waals surface area contributed by atoms with E-state index in [-0.39, 0.29) is 16.8 Å². The molecule has 0 atom stereocenters. The number of rotatable bonds is 2. The molecular formula is C10H9BrN2O. The zero-order valence-electron chi connectivity index (χ0n) is 7.67. The van der Waals surface area contributed by atoms with Crippen molar-refractivity contribution in [3.63, 3.8) is 0 Å². The van der Waals surface area contributed by atoms with Gasteiger partial charge in [0.2, 0.25) is 0 Å². The van der Waals surface area contributed by atoms with Crippen molar-refractivity contribution in [2.24, 2.45) is 0 Å². The standard InChI is InChI=1S/C10H9BrN2O/c1-6-2-3-7(5-12)10(13)9(6)8(14)4-11/h2-3H,4,13H2,1H3. The van der Waals surface area contributed by atoms with Crippen LogP contribution in [0.5, 0.6) is 0 Å². The third-order valence-corrected chi connectivity index (χ3v) is 2.48. The van der Waals surface area contributed by atoms with Crippen molar-refractivity contribution in [1.82, 2.24) is 0 Å². The van der Waals surface area contributed by atoms with E-state index in [1.165, 1.54) is 0 Å². The van der Waals surface area contributed by atoms with Gasteiger partial charge in [-0.2, -0.15) is 5.26 Å². The maximum atomic E-state index is 11.5. The van der Waals surface area contributed by atoms with Crippen LogP contribution in [0.15, 0.2) is 12.1 Å². The van der Waals surface area contributed by atoms with E-state index in [0.29, 0.717) is 11.1 Å². The largest absolute Gasteiger partial charge is 0.397 e. The molecule has 3 nitrogen and oxygen atoms in total. The van der Waals surface area contributed by atoms with Gasteiger partial charge in [0.15, 0.2) is 5.78 Å². The molecule has 0 amide bonds. The summed E-state index contributed by atoms with van der Waals surface area (Å²) < 4.78 is 0. The van der Waals surface area contributed by atoms with Crippen molar-refractivity contribution in [2.75, 3.05) is 11.1 Å². The number of nitrogens with zero attached hydrogens (tertiary/aromatic N) is 1. The van der Waals surface area contributed by atoms with E-state index >= 15 is 0 Å². The fourth-order valence-electron chi connectivity index (χ4n) is 1.26. The zero-order chi connectivity index (χ0) is 10.7. The van der Waals surface area contributed by atoms with E-state index in [0.717, 1.165) is 5.56 Å². The SMILES string of the molecule is Cc1ccc(C#N)c(N)c1C(=O)CBr. The van der Waals surface area contributed by atoms with Crippen molar-refractivity contribution >= 4 is 27.4 Å². The molecule has 0 fully saturated rings. The first-order valence-corrected chi connectivity index (χ1v) is 5.12. The quantitative estimate of drug-likeness (QED) is 0.498. The summed E-state index contributed by atoms with van der Waals surface area (Å²) in [5, 5.41) is 8.95. The first-order valence-electron chi connectivity index (χ1n) is 4.00. The number of hydrogen-bond acceptors (Lipinski definition) is 3. The minimum Gasteiger partial charge on any atom is -0.397 e. The summed E-state index contributed by atoms with van der Waals surface area (Å²) in [6.45, 7) is 1.80. The van der Waals surface area contributed by atoms with Crippen molar-refractivity contribution in [2.45, 2.75) is 6.92 Å². The number of alkyl halides is 1. The first kappa shape index (κ1) is 10.7. The molecule has 14 heavy (non-hydrogen) atoms. The van der Waals surface area contributed by atoms with Crippen LogP contribution < -0.4 is 5.73 Å². The number of nitrogen functional groups attached to an aromatic ring is 1. The maximum Gasteiger partial charge on any atom is 0.175 e. The summed E-state index contributed by atoms with van der Waals surface area (Å²) in [7, 11) is 0. The van der Waals surface area contributed by atoms with Gasteiger partial charge in [-0.1, -0.05) is 22.0 Å². The van der Waals surface area contributed by atoms with Crippen molar-refractivity contribution in [3.8, 4) is 6.07 Å². The fraction of sp³-hybridized carbons (Fsp3) is 0.200. The lowest BCUT2D eigenvalue weighted by molar-refractivity contribution is 0.102. The molecule has 0 bridgehead atoms. The number of benzene rings is 1. The third kappa shape index (κ3) is 1.78. The number of hydrogen-bond donors (Lipinski definition) is 1. The van der Waals surface area contributed by atoms with Gasteiger partial charge in [0.25, 0.3) is 0 Å². The lowest BCUT2D eigenvalue weighted by atomic mass is 10.00. The number of nitrogens with two attached hydrogens (primary N) is 1. The van der Waals surface area contributed by atoms with Gasteiger partial charge in [0, 0.05) is 5.56 Å². The van der Waals surface area contributed by atoms with Gasteiger partial charge in [0.05, 0.1) is 16.6 Å². The summed E-state index contributed by atoms with van der Waals surface area (Å²) in [5.41, 5.74) is 7.57. The van der Waals surface area contributed by atoms with Crippen LogP contribution in [-0.4, -0.2) is 11.1 Å². The zero-order valence-corrected chi connectivity index (χ0v) is 9.26. The Bertz CT molecular complexity index is 421. The molecule has 2 N–H and O–H groups in total. The number of ketones is 1. The van der Waals surface area contributed by atoms with E-state index < -0.39 is 0 Å². The molecule has 1 aromatic rings. The molecule has 0 spiro atoms. The Morgan fingerprint density at radius 3 is 2.79 bits per heavy atom. The van der Waals surface area contributed by atoms with Crippen LogP contribution in [-0.2, 0) is 0 Å². The summed E-state index contributed by atoms with van der Waals surface area (Å²) in [6.07, 6.45) is 0. The molecule has 0 aliphatic carbocycles. The lowest BCUT2D eigenvalue weighted by Gasteiger charge is -2.07. The maximum absolute atomic E-state index is 11.5. The molecule has 0 aliphatic rings. The van der Waals surface area contributed by atoms with Crippen LogP contribution >= 0.6 is 15.9 Å². The predicted octanol–water partition coefficient (Wildman–Crippen LogP) is 2.03. The third-order valence-electron chi connectivity index (χ3n) is 1.97. The minimum atomic E-state index is -0.0999. The van der Waals surface area contributed by atoms with Gasteiger partial charge >= 0.3 is 0 Å². The van der Waals surface area contributed by atoms with Crippen LogP contribution in [0.2, 0.25) is 0 Å². The molecule has 0 saturated heterocycles. The number of Topliss-reactive ketones (excluding diaryl/α,β-unsaturated/α-hetero) is 1. The molecule has 0 aromatic heterocycles. The van der Waals surface area contributed by atoms with Crippen LogP contribution in [0.4, 0.5) is 5.69 Å². The molecule has 0 heterocycles. The van der Waals surface area contributed by atoms with Gasteiger partial charge in [-0.15, -0.1) is 0 Å². The van der Waals surface area contributed by atoms with Gasteiger partial charge in [-0.25, -0.2) is 0 Å². The highest BCUT2D eigenvalue weighted by Gasteiger charge is 2.14. The molecule has 1 rings (SSSR count). The number of carbonyl (C=O) groups is 1. The molecular weight excluding hydrogens is 244 g/mol. The predicted molar refractivity (Wildman–Crippen MR) is 58.4 cm³/mol. The molecule has 4 heteroatoms. The summed E-state index contributed by atoms with van der Waals surface area (Å²) in [6, 6.07) is 5.30. The number of nitriles is 1. The Kier molecular flexibility index (Phi) is 3.26. The number of carbonyl (C=O) groups excluding carboxylic acids is 1. The highest BCUT2D eigenvalue weighted by Crippen LogP contribution is 2.21. The number of aryl methyl sites for hydroxylation is 1. The summed E-state index contributed by atoms with van der Waals surface area (Å²) in [4.78, 5) is 11.5. The minimum absolute atomic E-state index is 0.0999. The Balaban J connectivity index is 3.42.